The molecule has 0 spiro atoms. The normalized spacial score (nSPS) is 16.9. The van der Waals surface area contributed by atoms with Crippen molar-refractivity contribution in [1.82, 2.24) is 10.6 Å². The number of para-hydroxylation sites is 1. The summed E-state index contributed by atoms with van der Waals surface area (Å²) >= 11 is 0. The van der Waals surface area contributed by atoms with Gasteiger partial charge in [0.2, 0.25) is 0 Å². The smallest absolute Gasteiger partial charge is 0.326 e. The summed E-state index contributed by atoms with van der Waals surface area (Å²) in [6, 6.07) is 6.81. The summed E-state index contributed by atoms with van der Waals surface area (Å²) in [7, 11) is 0. The van der Waals surface area contributed by atoms with Crippen LogP contribution in [0.1, 0.15) is 12.5 Å². The summed E-state index contributed by atoms with van der Waals surface area (Å²) in [6.07, 6.45) is 1.59. The van der Waals surface area contributed by atoms with E-state index in [9.17, 15) is 9.59 Å². The molecular formula is C12H12N2O3. The lowest BCUT2D eigenvalue weighted by Gasteiger charge is -2.06. The van der Waals surface area contributed by atoms with Crippen molar-refractivity contribution in [2.75, 3.05) is 6.61 Å². The van der Waals surface area contributed by atoms with E-state index >= 15 is 0 Å². The summed E-state index contributed by atoms with van der Waals surface area (Å²) in [6.45, 7) is 2.42. The molecule has 17 heavy (non-hydrogen) atoms. The first-order chi connectivity index (χ1) is 8.20. The Hall–Kier alpha value is -2.30. The van der Waals surface area contributed by atoms with Gasteiger partial charge < -0.3 is 10.1 Å². The topological polar surface area (TPSA) is 67.4 Å². The highest BCUT2D eigenvalue weighted by atomic mass is 16.5. The lowest BCUT2D eigenvalue weighted by atomic mass is 10.1. The summed E-state index contributed by atoms with van der Waals surface area (Å²) in [5, 5.41) is 4.57. The quantitative estimate of drug-likeness (QED) is 0.609. The van der Waals surface area contributed by atoms with E-state index in [4.69, 9.17) is 4.74 Å². The summed E-state index contributed by atoms with van der Waals surface area (Å²) in [4.78, 5) is 22.3. The molecule has 2 N–H and O–H groups in total. The third-order valence-electron chi connectivity index (χ3n) is 2.24. The molecule has 0 radical (unpaired) electrons. The average molecular weight is 232 g/mol. The molecule has 0 saturated carbocycles. The molecule has 3 amide bonds. The monoisotopic (exact) mass is 232 g/mol. The number of amides is 3. The van der Waals surface area contributed by atoms with Gasteiger partial charge in [-0.05, 0) is 19.1 Å². The van der Waals surface area contributed by atoms with Gasteiger partial charge in [0.1, 0.15) is 11.4 Å². The fourth-order valence-corrected chi connectivity index (χ4v) is 1.52. The summed E-state index contributed by atoms with van der Waals surface area (Å²) in [5.74, 6) is 0.248. The molecule has 1 aliphatic heterocycles. The van der Waals surface area contributed by atoms with Crippen molar-refractivity contribution in [2.24, 2.45) is 0 Å². The van der Waals surface area contributed by atoms with Gasteiger partial charge in [0.05, 0.1) is 6.61 Å². The maximum absolute atomic E-state index is 11.4. The second kappa shape index (κ2) is 4.69. The number of hydrogen-bond acceptors (Lipinski definition) is 3. The van der Waals surface area contributed by atoms with E-state index in [0.29, 0.717) is 12.4 Å². The first kappa shape index (κ1) is 11.2. The number of nitrogens with one attached hydrogen (secondary N) is 2. The number of hydrogen-bond donors (Lipinski definition) is 2. The maximum atomic E-state index is 11.4. The van der Waals surface area contributed by atoms with Gasteiger partial charge in [0.25, 0.3) is 5.91 Å². The number of carbonyl (C=O) groups excluding carboxylic acids is 2. The SMILES string of the molecule is CCOc1ccccc1/C=C1\NC(=O)NC1=O. The second-order valence-corrected chi connectivity index (χ2v) is 3.44. The highest BCUT2D eigenvalue weighted by Crippen LogP contribution is 2.21. The van der Waals surface area contributed by atoms with Crippen LogP contribution >= 0.6 is 0 Å². The van der Waals surface area contributed by atoms with Gasteiger partial charge in [-0.1, -0.05) is 18.2 Å². The molecule has 0 atom stereocenters. The van der Waals surface area contributed by atoms with Crippen molar-refractivity contribution in [2.45, 2.75) is 6.92 Å². The largest absolute Gasteiger partial charge is 0.493 e. The molecule has 1 aliphatic rings. The van der Waals surface area contributed by atoms with Gasteiger partial charge in [-0.2, -0.15) is 0 Å². The molecule has 0 aromatic heterocycles. The summed E-state index contributed by atoms with van der Waals surface area (Å²) in [5.41, 5.74) is 0.976. The fourth-order valence-electron chi connectivity index (χ4n) is 1.52. The van der Waals surface area contributed by atoms with Crippen LogP contribution < -0.4 is 15.4 Å². The molecule has 88 valence electrons. The van der Waals surface area contributed by atoms with Crippen LogP contribution in [0.25, 0.3) is 6.08 Å². The Morgan fingerprint density at radius 2 is 2.00 bits per heavy atom. The van der Waals surface area contributed by atoms with Crippen LogP contribution in [0.3, 0.4) is 0 Å². The maximum Gasteiger partial charge on any atom is 0.326 e. The number of urea groups is 1. The molecule has 1 aromatic carbocycles. The minimum Gasteiger partial charge on any atom is -0.493 e. The number of carbonyl (C=O) groups is 2. The van der Waals surface area contributed by atoms with E-state index in [0.717, 1.165) is 5.56 Å². The third-order valence-corrected chi connectivity index (χ3v) is 2.24. The first-order valence-corrected chi connectivity index (χ1v) is 5.26. The highest BCUT2D eigenvalue weighted by molar-refractivity contribution is 6.14. The zero-order chi connectivity index (χ0) is 12.3. The van der Waals surface area contributed by atoms with Crippen molar-refractivity contribution in [3.8, 4) is 5.75 Å². The van der Waals surface area contributed by atoms with Gasteiger partial charge in [0.15, 0.2) is 0 Å². The van der Waals surface area contributed by atoms with Crippen molar-refractivity contribution in [1.29, 1.82) is 0 Å². The van der Waals surface area contributed by atoms with E-state index in [-0.39, 0.29) is 5.70 Å². The second-order valence-electron chi connectivity index (χ2n) is 3.44. The minimum atomic E-state index is -0.504. The Bertz CT molecular complexity index is 494. The van der Waals surface area contributed by atoms with Crippen LogP contribution in [0, 0.1) is 0 Å². The predicted molar refractivity (Wildman–Crippen MR) is 62.3 cm³/mol. The lowest BCUT2D eigenvalue weighted by molar-refractivity contribution is -0.115. The van der Waals surface area contributed by atoms with E-state index in [1.807, 2.05) is 31.2 Å². The molecule has 0 bridgehead atoms. The Morgan fingerprint density at radius 3 is 2.65 bits per heavy atom. The zero-order valence-corrected chi connectivity index (χ0v) is 9.32. The molecule has 1 heterocycles. The molecule has 2 rings (SSSR count). The molecular weight excluding hydrogens is 220 g/mol. The number of benzene rings is 1. The van der Waals surface area contributed by atoms with Crippen LogP contribution in [0.5, 0.6) is 5.75 Å². The van der Waals surface area contributed by atoms with Gasteiger partial charge >= 0.3 is 6.03 Å². The van der Waals surface area contributed by atoms with Gasteiger partial charge in [0, 0.05) is 5.56 Å². The van der Waals surface area contributed by atoms with Crippen LogP contribution in [0.15, 0.2) is 30.0 Å². The molecule has 1 fully saturated rings. The average Bonchev–Trinajstić information content (AvgIpc) is 2.61. The number of ether oxygens (including phenoxy) is 1. The number of imide groups is 1. The third kappa shape index (κ3) is 2.44. The van der Waals surface area contributed by atoms with Crippen molar-refractivity contribution in [3.05, 3.63) is 35.5 Å². The molecule has 5 heteroatoms. The summed E-state index contributed by atoms with van der Waals surface area (Å²) < 4.78 is 5.42. The van der Waals surface area contributed by atoms with E-state index in [1.165, 1.54) is 0 Å². The van der Waals surface area contributed by atoms with Crippen molar-refractivity contribution >= 4 is 18.0 Å². The number of rotatable bonds is 3. The molecule has 0 unspecified atom stereocenters. The molecule has 1 saturated heterocycles. The Morgan fingerprint density at radius 1 is 1.24 bits per heavy atom. The Balaban J connectivity index is 2.32. The predicted octanol–water partition coefficient (Wildman–Crippen LogP) is 1.27. The first-order valence-electron chi connectivity index (χ1n) is 5.26. The molecule has 1 aromatic rings. The van der Waals surface area contributed by atoms with E-state index < -0.39 is 11.9 Å². The van der Waals surface area contributed by atoms with Gasteiger partial charge in [-0.25, -0.2) is 4.79 Å². The van der Waals surface area contributed by atoms with E-state index in [2.05, 4.69) is 10.6 Å². The van der Waals surface area contributed by atoms with Crippen LogP contribution in [0.2, 0.25) is 0 Å². The standard InChI is InChI=1S/C12H12N2O3/c1-2-17-10-6-4-3-5-8(10)7-9-11(15)14-12(16)13-9/h3-7H,2H2,1H3,(H2,13,14,15,16)/b9-7-. The highest BCUT2D eigenvalue weighted by Gasteiger charge is 2.23. The van der Waals surface area contributed by atoms with Gasteiger partial charge in [-0.3, -0.25) is 10.1 Å². The molecule has 0 aliphatic carbocycles. The minimum absolute atomic E-state index is 0.224. The fraction of sp³-hybridized carbons (Fsp3) is 0.167. The van der Waals surface area contributed by atoms with E-state index in [1.54, 1.807) is 6.08 Å². The van der Waals surface area contributed by atoms with Crippen LogP contribution in [-0.2, 0) is 4.79 Å². The molecule has 5 nitrogen and oxygen atoms in total. The Kier molecular flexibility index (Phi) is 3.09. The zero-order valence-electron chi connectivity index (χ0n) is 9.32. The van der Waals surface area contributed by atoms with Crippen LogP contribution in [-0.4, -0.2) is 18.5 Å². The Labute approximate surface area is 98.5 Å². The lowest BCUT2D eigenvalue weighted by Crippen LogP contribution is -2.22. The van der Waals surface area contributed by atoms with Crippen molar-refractivity contribution < 1.29 is 14.3 Å². The van der Waals surface area contributed by atoms with Gasteiger partial charge in [-0.15, -0.1) is 0 Å². The van der Waals surface area contributed by atoms with Crippen molar-refractivity contribution in [3.63, 3.8) is 0 Å². The van der Waals surface area contributed by atoms with Crippen LogP contribution in [0.4, 0.5) is 4.79 Å².